The first-order valence-electron chi connectivity index (χ1n) is 21.8. The standard InChI is InChI=1S/C45H64N6O9.CH3FS/c1-10-36-45(7)39(50-43(55)60-45)29(5)46-22-26(2)21-44(6,56-17-13-14-30-19-32-15-11-12-16-34(32)47-23-30)40(59-42-38(53)35(51(8)9)18-27(3)57-42)28(4)37(52)33(41(54)58-36)20-31-24-48-49-25-31;1-3-2/h11-16,19,23-29,33,35-36,38-40,42,46,53H,10,17-18,20-22H2,1-9H3,(H,48,49)(H,50,55);1H3/b14-13+;/t26-,27-,28+,29-,33?,35?,36-,38?,39-,40-,42+,44-,45-;/m1./s1. The number of aliphatic hydroxyl groups is 1. The van der Waals surface area contributed by atoms with Crippen molar-refractivity contribution in [2.45, 2.75) is 134 Å². The molecule has 13 atom stereocenters. The van der Waals surface area contributed by atoms with Crippen molar-refractivity contribution in [1.82, 2.24) is 30.7 Å². The van der Waals surface area contributed by atoms with E-state index in [1.807, 2.05) is 89.3 Å². The molecule has 0 spiro atoms. The number of Topliss-reactive ketones (excluding diaryl/α,β-unsaturated/α-hetero) is 1. The molecular formula is C46H67FN6O9S. The minimum absolute atomic E-state index is 0.00338. The number of ketones is 1. The van der Waals surface area contributed by atoms with E-state index in [1.165, 1.54) is 6.26 Å². The summed E-state index contributed by atoms with van der Waals surface area (Å²) in [5.41, 5.74) is 0.00607. The average molecular weight is 899 g/mol. The van der Waals surface area contributed by atoms with Crippen LogP contribution in [0.5, 0.6) is 0 Å². The number of carbonyl (C=O) groups is 3. The number of likely N-dealkylation sites (N-methyl/N-ethyl adjacent to an activating group) is 1. The molecule has 5 heterocycles. The lowest BCUT2D eigenvalue weighted by Gasteiger charge is -2.47. The number of aliphatic hydroxyl groups excluding tert-OH is 1. The van der Waals surface area contributed by atoms with Gasteiger partial charge in [-0.05, 0) is 103 Å². The van der Waals surface area contributed by atoms with Gasteiger partial charge in [-0.1, -0.05) is 51.1 Å². The van der Waals surface area contributed by atoms with E-state index in [2.05, 4.69) is 38.8 Å². The Morgan fingerprint density at radius 2 is 1.84 bits per heavy atom. The van der Waals surface area contributed by atoms with Crippen LogP contribution in [0.2, 0.25) is 0 Å². The Morgan fingerprint density at radius 3 is 2.52 bits per heavy atom. The molecule has 1 aromatic carbocycles. The lowest BCUT2D eigenvalue weighted by molar-refractivity contribution is -0.296. The molecule has 4 N–H and O–H groups in total. The number of amides is 1. The number of nitrogens with one attached hydrogen (secondary N) is 3. The van der Waals surface area contributed by atoms with Gasteiger partial charge in [0.25, 0.3) is 0 Å². The zero-order chi connectivity index (χ0) is 46.1. The van der Waals surface area contributed by atoms with Crippen LogP contribution in [0.3, 0.4) is 0 Å². The highest BCUT2D eigenvalue weighted by Crippen LogP contribution is 2.38. The lowest BCUT2D eigenvalue weighted by Crippen LogP contribution is -2.60. The maximum atomic E-state index is 15.2. The molecule has 3 unspecified atom stereocenters. The maximum Gasteiger partial charge on any atom is 0.408 e. The van der Waals surface area contributed by atoms with Gasteiger partial charge in [-0.3, -0.25) is 19.7 Å². The van der Waals surface area contributed by atoms with E-state index < -0.39 is 71.5 Å². The van der Waals surface area contributed by atoms with Gasteiger partial charge in [-0.2, -0.15) is 8.98 Å². The van der Waals surface area contributed by atoms with E-state index in [1.54, 1.807) is 26.2 Å². The molecule has 3 aliphatic heterocycles. The minimum Gasteiger partial charge on any atom is -0.457 e. The third-order valence-electron chi connectivity index (χ3n) is 12.6. The first-order chi connectivity index (χ1) is 29.9. The summed E-state index contributed by atoms with van der Waals surface area (Å²) in [5, 5.41) is 26.2. The lowest BCUT2D eigenvalue weighted by atomic mass is 9.77. The molecule has 3 saturated heterocycles. The zero-order valence-corrected chi connectivity index (χ0v) is 39.0. The second-order valence-electron chi connectivity index (χ2n) is 17.9. The molecule has 3 aromatic rings. The van der Waals surface area contributed by atoms with Crippen molar-refractivity contribution in [1.29, 1.82) is 0 Å². The molecule has 348 valence electrons. The summed E-state index contributed by atoms with van der Waals surface area (Å²) in [6, 6.07) is 8.82. The Balaban J connectivity index is 0.00000242. The van der Waals surface area contributed by atoms with Crippen molar-refractivity contribution >= 4 is 47.0 Å². The number of cyclic esters (lactones) is 1. The Hall–Kier alpha value is -3.97. The van der Waals surface area contributed by atoms with Gasteiger partial charge in [0.1, 0.15) is 18.1 Å². The second-order valence-corrected chi connectivity index (χ2v) is 18.2. The van der Waals surface area contributed by atoms with E-state index >= 15 is 4.79 Å². The Morgan fingerprint density at radius 1 is 1.11 bits per heavy atom. The molecule has 1 amide bonds. The monoisotopic (exact) mass is 898 g/mol. The average Bonchev–Trinajstić information content (AvgIpc) is 3.88. The van der Waals surface area contributed by atoms with Gasteiger partial charge < -0.3 is 44.3 Å². The molecule has 0 aliphatic carbocycles. The molecule has 0 saturated carbocycles. The van der Waals surface area contributed by atoms with Crippen LogP contribution >= 0.6 is 12.1 Å². The largest absolute Gasteiger partial charge is 0.457 e. The van der Waals surface area contributed by atoms with Crippen molar-refractivity contribution in [3.05, 3.63) is 66.1 Å². The predicted octanol–water partition coefficient (Wildman–Crippen LogP) is 6.06. The molecule has 2 aromatic heterocycles. The van der Waals surface area contributed by atoms with Gasteiger partial charge in [0.2, 0.25) is 0 Å². The number of halogens is 1. The van der Waals surface area contributed by atoms with Crippen LogP contribution in [-0.4, -0.2) is 137 Å². The number of hydrogen-bond acceptors (Lipinski definition) is 14. The van der Waals surface area contributed by atoms with Gasteiger partial charge in [0.05, 0.1) is 42.2 Å². The van der Waals surface area contributed by atoms with E-state index in [9.17, 15) is 18.6 Å². The van der Waals surface area contributed by atoms with Crippen LogP contribution in [0.15, 0.2) is 55.0 Å². The molecule has 3 aliphatic rings. The Labute approximate surface area is 375 Å². The van der Waals surface area contributed by atoms with Gasteiger partial charge in [-0.25, -0.2) is 4.79 Å². The number of benzene rings is 1. The number of esters is 1. The topological polar surface area (TPSA) is 186 Å². The number of aromatic amines is 1. The highest BCUT2D eigenvalue weighted by Gasteiger charge is 2.56. The summed E-state index contributed by atoms with van der Waals surface area (Å²) in [4.78, 5) is 49.1. The fourth-order valence-corrected chi connectivity index (χ4v) is 9.39. The van der Waals surface area contributed by atoms with Crippen molar-refractivity contribution in [2.75, 3.05) is 33.5 Å². The van der Waals surface area contributed by atoms with Crippen LogP contribution in [0.25, 0.3) is 17.0 Å². The zero-order valence-electron chi connectivity index (χ0n) is 38.2. The van der Waals surface area contributed by atoms with E-state index in [0.717, 1.165) is 16.5 Å². The fourth-order valence-electron chi connectivity index (χ4n) is 9.39. The van der Waals surface area contributed by atoms with E-state index in [0.29, 0.717) is 31.4 Å². The van der Waals surface area contributed by atoms with E-state index in [4.69, 9.17) is 23.7 Å². The number of alkyl carbamates (subject to hydrolysis) is 1. The maximum absolute atomic E-state index is 15.2. The van der Waals surface area contributed by atoms with Gasteiger partial charge >= 0.3 is 12.1 Å². The van der Waals surface area contributed by atoms with Crippen LogP contribution in [0.1, 0.15) is 78.9 Å². The van der Waals surface area contributed by atoms with Gasteiger partial charge in [0.15, 0.2) is 17.7 Å². The number of fused-ring (bicyclic) bond motifs is 2. The number of para-hydroxylation sites is 1. The summed E-state index contributed by atoms with van der Waals surface area (Å²) in [6.07, 6.45) is 6.63. The summed E-state index contributed by atoms with van der Waals surface area (Å²) < 4.78 is 42.5. The number of carbonyl (C=O) groups excluding carboxylic acids is 3. The molecule has 63 heavy (non-hydrogen) atoms. The number of aromatic nitrogens is 3. The molecule has 15 nitrogen and oxygen atoms in total. The molecule has 17 heteroatoms. The fraction of sp³-hybridized carbons (Fsp3) is 0.630. The summed E-state index contributed by atoms with van der Waals surface area (Å²) in [7, 11) is 3.81. The summed E-state index contributed by atoms with van der Waals surface area (Å²) >= 11 is 0.250. The van der Waals surface area contributed by atoms with Gasteiger partial charge in [-0.15, -0.1) is 0 Å². The third kappa shape index (κ3) is 12.2. The number of hydrogen-bond donors (Lipinski definition) is 4. The number of nitrogens with zero attached hydrogens (tertiary/aromatic N) is 3. The third-order valence-corrected chi connectivity index (χ3v) is 12.6. The molecule has 0 bridgehead atoms. The van der Waals surface area contributed by atoms with Crippen LogP contribution < -0.4 is 10.6 Å². The second kappa shape index (κ2) is 22.3. The van der Waals surface area contributed by atoms with Gasteiger partial charge in [0, 0.05) is 54.2 Å². The highest BCUT2D eigenvalue weighted by molar-refractivity contribution is 7.93. The Bertz CT molecular complexity index is 1990. The number of ether oxygens (including phenoxy) is 5. The molecular weight excluding hydrogens is 832 g/mol. The number of rotatable bonds is 10. The first-order valence-corrected chi connectivity index (χ1v) is 23.0. The molecule has 0 radical (unpaired) electrons. The highest BCUT2D eigenvalue weighted by atomic mass is 32.2. The summed E-state index contributed by atoms with van der Waals surface area (Å²) in [6.45, 7) is 13.9. The van der Waals surface area contributed by atoms with Crippen LogP contribution in [0.4, 0.5) is 8.68 Å². The normalized spacial score (nSPS) is 34.6. The van der Waals surface area contributed by atoms with Crippen molar-refractivity contribution < 1.29 is 47.1 Å². The van der Waals surface area contributed by atoms with Crippen LogP contribution in [-0.2, 0) is 39.7 Å². The Kier molecular flexibility index (Phi) is 17.7. The summed E-state index contributed by atoms with van der Waals surface area (Å²) in [5.74, 6) is -3.53. The minimum atomic E-state index is -1.29. The number of H-pyrrole nitrogens is 1. The van der Waals surface area contributed by atoms with Crippen molar-refractivity contribution in [3.63, 3.8) is 0 Å². The first kappa shape index (κ1) is 50.0. The van der Waals surface area contributed by atoms with Crippen molar-refractivity contribution in [3.8, 4) is 0 Å². The molecule has 3 fully saturated rings. The SMILES string of the molecule is CC[C@H]1OC(=O)C(Cc2cn[nH]c2)C(=O)[C@H](C)[C@@H](O[C@@H]2O[C@H](C)CC(N(C)C)C2O)[C@](C)(OC/C=C/c2cnc3ccccc3c2)C[C@@H](C)CN[C@H](C)[C@H]2NC(=O)O[C@@]21C.CSF. The van der Waals surface area contributed by atoms with E-state index in [-0.39, 0.29) is 49.3 Å². The predicted molar refractivity (Wildman–Crippen MR) is 240 cm³/mol. The number of pyridine rings is 1. The van der Waals surface area contributed by atoms with Crippen LogP contribution in [0, 0.1) is 17.8 Å². The smallest absolute Gasteiger partial charge is 0.408 e. The quantitative estimate of drug-likeness (QED) is 0.136. The van der Waals surface area contributed by atoms with Crippen molar-refractivity contribution in [2.24, 2.45) is 17.8 Å². The molecule has 6 rings (SSSR count).